The van der Waals surface area contributed by atoms with Crippen molar-refractivity contribution in [2.24, 2.45) is 11.8 Å². The van der Waals surface area contributed by atoms with Gasteiger partial charge in [0.15, 0.2) is 11.8 Å². The van der Waals surface area contributed by atoms with Crippen molar-refractivity contribution in [2.45, 2.75) is 89.3 Å². The predicted octanol–water partition coefficient (Wildman–Crippen LogP) is 3.78. The second kappa shape index (κ2) is 18.6. The second-order valence-electron chi connectivity index (χ2n) is 13.9. The summed E-state index contributed by atoms with van der Waals surface area (Å²) in [5.41, 5.74) is -1.14. The molecule has 2 fully saturated rings. The Labute approximate surface area is 319 Å². The topological polar surface area (TPSA) is 169 Å². The number of halogens is 3. The zero-order valence-corrected chi connectivity index (χ0v) is 32.7. The minimum Gasteiger partial charge on any atom is -0.466 e. The number of ether oxygens (including phenoxy) is 3. The molecule has 0 spiro atoms. The molecule has 54 heavy (non-hydrogen) atoms. The van der Waals surface area contributed by atoms with Gasteiger partial charge in [-0.1, -0.05) is 20.4 Å². The number of hydrogen-bond donors (Lipinski definition) is 2. The first-order valence-corrected chi connectivity index (χ1v) is 19.2. The maximum Gasteiger partial charge on any atom is 0.434 e. The molecule has 3 heterocycles. The van der Waals surface area contributed by atoms with Crippen LogP contribution in [0.5, 0.6) is 0 Å². The predicted molar refractivity (Wildman–Crippen MR) is 192 cm³/mol. The summed E-state index contributed by atoms with van der Waals surface area (Å²) in [5, 5.41) is 8.36. The highest BCUT2D eigenvalue weighted by molar-refractivity contribution is 7.10. The number of esters is 2. The van der Waals surface area contributed by atoms with Gasteiger partial charge in [0.2, 0.25) is 11.8 Å². The van der Waals surface area contributed by atoms with Crippen LogP contribution in [-0.2, 0) is 46.0 Å². The highest BCUT2D eigenvalue weighted by Crippen LogP contribution is 2.36. The number of carbonyl (C=O) groups excluding carboxylic acids is 5. The van der Waals surface area contributed by atoms with Gasteiger partial charge >= 0.3 is 18.1 Å². The standard InChI is InChI=1S/C35H47F3N6O8S2/c1-18(2)24(44(6)33(48)29(21-8-9-21)42-31(47)25-15-51-11-10-43(25)5)14-26(52-20(4)45)32-40-23(16-54-32)30(46)39-22(12-19(3)34(49)50-7)13-28-41-27(17-53-28)35(36,37)38/h16-18,21-22,24-26,29H,3,8-15H2,1-2,4-7H3,(H,39,46)(H,42,47)/t22-,24-,25-,26-,29+/m1/s1. The maximum absolute atomic E-state index is 14.0. The number of rotatable bonds is 17. The molecule has 19 heteroatoms. The van der Waals surface area contributed by atoms with Crippen LogP contribution in [0.2, 0.25) is 0 Å². The lowest BCUT2D eigenvalue weighted by molar-refractivity contribution is -0.149. The molecule has 2 N–H and O–H groups in total. The van der Waals surface area contributed by atoms with Gasteiger partial charge in [0.25, 0.3) is 5.91 Å². The Morgan fingerprint density at radius 1 is 1.13 bits per heavy atom. The van der Waals surface area contributed by atoms with Crippen LogP contribution in [0.3, 0.4) is 0 Å². The highest BCUT2D eigenvalue weighted by atomic mass is 32.1. The molecule has 298 valence electrons. The molecule has 1 saturated carbocycles. The van der Waals surface area contributed by atoms with Crippen molar-refractivity contribution in [1.29, 1.82) is 0 Å². The van der Waals surface area contributed by atoms with Crippen molar-refractivity contribution < 1.29 is 51.4 Å². The molecule has 3 amide bonds. The van der Waals surface area contributed by atoms with Crippen LogP contribution in [0.25, 0.3) is 0 Å². The molecule has 1 aliphatic heterocycles. The van der Waals surface area contributed by atoms with Crippen molar-refractivity contribution in [3.63, 3.8) is 0 Å². The van der Waals surface area contributed by atoms with E-state index < -0.39 is 60.0 Å². The van der Waals surface area contributed by atoms with Crippen molar-refractivity contribution in [3.05, 3.63) is 44.3 Å². The Morgan fingerprint density at radius 3 is 2.41 bits per heavy atom. The number of nitrogens with one attached hydrogen (secondary N) is 2. The molecule has 5 atom stereocenters. The fraction of sp³-hybridized carbons (Fsp3) is 0.629. The summed E-state index contributed by atoms with van der Waals surface area (Å²) in [6, 6.07) is -2.63. The summed E-state index contributed by atoms with van der Waals surface area (Å²) in [6.45, 7) is 10.1. The number of likely N-dealkylation sites (N-methyl/N-ethyl adjacent to an activating group) is 2. The smallest absolute Gasteiger partial charge is 0.434 e. The minimum absolute atomic E-state index is 0.00766. The van der Waals surface area contributed by atoms with Gasteiger partial charge in [0.1, 0.15) is 22.8 Å². The van der Waals surface area contributed by atoms with Crippen LogP contribution in [0, 0.1) is 11.8 Å². The van der Waals surface area contributed by atoms with Gasteiger partial charge in [0.05, 0.1) is 25.3 Å². The van der Waals surface area contributed by atoms with E-state index >= 15 is 0 Å². The third kappa shape index (κ3) is 11.5. The third-order valence-corrected chi connectivity index (χ3v) is 11.1. The third-order valence-electron chi connectivity index (χ3n) is 9.33. The molecule has 1 saturated heterocycles. The first kappa shape index (κ1) is 42.8. The number of carbonyl (C=O) groups is 5. The van der Waals surface area contributed by atoms with Gasteiger partial charge in [-0.25, -0.2) is 14.8 Å². The Morgan fingerprint density at radius 2 is 1.83 bits per heavy atom. The summed E-state index contributed by atoms with van der Waals surface area (Å²) >= 11 is 1.82. The molecular formula is C35H47F3N6O8S2. The van der Waals surface area contributed by atoms with E-state index in [0.29, 0.717) is 13.2 Å². The first-order chi connectivity index (χ1) is 25.4. The SMILES string of the molecule is C=C(C[C@H](Cc1nc(C(F)(F)F)cs1)NC(=O)c1csc([C@@H](C[C@H](C(C)C)N(C)C(=O)[C@@H](NC(=O)[C@H]2COCCN2C)C2CC2)OC(C)=O)n1)C(=O)OC. The molecule has 0 aromatic carbocycles. The van der Waals surface area contributed by atoms with Gasteiger partial charge in [-0.15, -0.1) is 22.7 Å². The second-order valence-corrected chi connectivity index (χ2v) is 15.7. The molecule has 1 aliphatic carbocycles. The van der Waals surface area contributed by atoms with Gasteiger partial charge in [-0.05, 0) is 38.1 Å². The summed E-state index contributed by atoms with van der Waals surface area (Å²) in [6.07, 6.45) is -4.16. The lowest BCUT2D eigenvalue weighted by Crippen LogP contribution is -2.58. The van der Waals surface area contributed by atoms with Crippen LogP contribution in [0.4, 0.5) is 13.2 Å². The zero-order valence-electron chi connectivity index (χ0n) is 31.1. The molecule has 4 rings (SSSR count). The van der Waals surface area contributed by atoms with Crippen LogP contribution >= 0.6 is 22.7 Å². The van der Waals surface area contributed by atoms with Crippen molar-refractivity contribution in [2.75, 3.05) is 41.0 Å². The maximum atomic E-state index is 14.0. The Hall–Kier alpha value is -3.94. The Kier molecular flexibility index (Phi) is 14.7. The van der Waals surface area contributed by atoms with Gasteiger partial charge in [-0.2, -0.15) is 13.2 Å². The number of nitrogens with zero attached hydrogens (tertiary/aromatic N) is 4. The molecule has 2 aromatic heterocycles. The van der Waals surface area contributed by atoms with Gasteiger partial charge < -0.3 is 29.7 Å². The average Bonchev–Trinajstić information content (AvgIpc) is 3.60. The Bertz CT molecular complexity index is 1680. The highest BCUT2D eigenvalue weighted by Gasteiger charge is 2.43. The molecule has 2 aliphatic rings. The molecule has 2 aromatic rings. The number of methoxy groups -OCH3 is 1. The number of thiazole rings is 2. The van der Waals surface area contributed by atoms with E-state index in [-0.39, 0.29) is 70.8 Å². The quantitative estimate of drug-likeness (QED) is 0.177. The van der Waals surface area contributed by atoms with E-state index in [4.69, 9.17) is 14.2 Å². The molecular weight excluding hydrogens is 754 g/mol. The number of aromatic nitrogens is 2. The summed E-state index contributed by atoms with van der Waals surface area (Å²) in [5.74, 6) is -2.73. The van der Waals surface area contributed by atoms with E-state index in [9.17, 15) is 37.1 Å². The fourth-order valence-corrected chi connectivity index (χ4v) is 7.87. The number of amides is 3. The van der Waals surface area contributed by atoms with E-state index in [2.05, 4.69) is 27.2 Å². The van der Waals surface area contributed by atoms with E-state index in [1.165, 1.54) is 12.3 Å². The van der Waals surface area contributed by atoms with Crippen LogP contribution < -0.4 is 10.6 Å². The molecule has 0 bridgehead atoms. The van der Waals surface area contributed by atoms with Gasteiger partial charge in [-0.3, -0.25) is 24.1 Å². The van der Waals surface area contributed by atoms with Gasteiger partial charge in [0, 0.05) is 61.8 Å². The lowest BCUT2D eigenvalue weighted by atomic mass is 9.95. The van der Waals surface area contributed by atoms with E-state index in [1.807, 2.05) is 25.8 Å². The van der Waals surface area contributed by atoms with Crippen molar-refractivity contribution in [1.82, 2.24) is 30.4 Å². The normalized spacial score (nSPS) is 18.6. The Balaban J connectivity index is 1.50. The lowest BCUT2D eigenvalue weighted by Gasteiger charge is -2.37. The summed E-state index contributed by atoms with van der Waals surface area (Å²) < 4.78 is 55.5. The van der Waals surface area contributed by atoms with Crippen LogP contribution in [0.1, 0.15) is 78.8 Å². The monoisotopic (exact) mass is 800 g/mol. The van der Waals surface area contributed by atoms with E-state index in [1.54, 1.807) is 11.9 Å². The largest absolute Gasteiger partial charge is 0.466 e. The zero-order chi connectivity index (χ0) is 39.9. The summed E-state index contributed by atoms with van der Waals surface area (Å²) in [4.78, 5) is 76.7. The van der Waals surface area contributed by atoms with Crippen LogP contribution in [-0.4, -0.2) is 115 Å². The van der Waals surface area contributed by atoms with Crippen molar-refractivity contribution >= 4 is 52.3 Å². The minimum atomic E-state index is -4.65. The number of morpholine rings is 1. The fourth-order valence-electron chi connectivity index (χ4n) is 6.15. The number of alkyl halides is 3. The van der Waals surface area contributed by atoms with E-state index in [0.717, 1.165) is 48.0 Å². The summed E-state index contributed by atoms with van der Waals surface area (Å²) in [7, 11) is 4.64. The first-order valence-electron chi connectivity index (χ1n) is 17.5. The molecule has 0 unspecified atom stereocenters. The number of hydrogen-bond acceptors (Lipinski definition) is 13. The average molecular weight is 801 g/mol. The molecule has 0 radical (unpaired) electrons. The van der Waals surface area contributed by atoms with Crippen LogP contribution in [0.15, 0.2) is 22.9 Å². The van der Waals surface area contributed by atoms with Crippen molar-refractivity contribution in [3.8, 4) is 0 Å². The molecule has 14 nitrogen and oxygen atoms in total.